The highest BCUT2D eigenvalue weighted by atomic mass is 35.5. The Hall–Kier alpha value is -5.34. The average molecular weight is 1060 g/mol. The number of β-amino-alcohol motifs (C(OH)–C–C–N with tert-alkyl or cyclic N) is 1. The van der Waals surface area contributed by atoms with Crippen LogP contribution in [0.15, 0.2) is 64.1 Å². The molecule has 9 N–H and O–H groups in total. The van der Waals surface area contributed by atoms with Crippen LogP contribution in [0, 0.1) is 12.3 Å². The van der Waals surface area contributed by atoms with E-state index in [-0.39, 0.29) is 66.8 Å². The fraction of sp³-hybridized carbons (Fsp3) is 0.547. The number of unbranched alkanes of at least 4 members (excludes halogenated alkanes) is 7. The number of nitrogens with one attached hydrogen (secondary N) is 4. The lowest BCUT2D eigenvalue weighted by molar-refractivity contribution is -0.144. The standard InChI is InChI=1S/C53H74ClN11O6S2/c1-33(35-19-21-36(22-20-35)46-34(2)59-32-72-46)60-49(70)39-28-37(66)31-65(39)51(71)47(52(3,4)5)63-42(67)18-13-11-9-7-8-10-12-14-25-57-43(68)29-44(69)61-38-16-15-17-40(45(38)54)73-50-48(55)62-41(30-58-50)64-26-23-53(6,56)24-27-64/h15-17,19-22,30,32-33,37,39,47,66H,7-14,18,23-29,31,56H2,1-6H3,(H2,55,62)(H,57,68)(H,60,70)(H,61,69)(H,63,67)/t33-,37+,39-,47+/m1/s1. The maximum Gasteiger partial charge on any atom is 0.246 e. The van der Waals surface area contributed by atoms with Gasteiger partial charge in [0, 0.05) is 49.5 Å². The van der Waals surface area contributed by atoms with Crippen molar-refractivity contribution in [2.24, 2.45) is 11.1 Å². The minimum atomic E-state index is -0.878. The number of carbonyl (C=O) groups excluding carboxylic acids is 5. The summed E-state index contributed by atoms with van der Waals surface area (Å²) in [4.78, 5) is 85.0. The monoisotopic (exact) mass is 1060 g/mol. The molecular weight excluding hydrogens is 986 g/mol. The van der Waals surface area contributed by atoms with Crippen LogP contribution >= 0.6 is 34.7 Å². The number of nitrogen functional groups attached to an aromatic ring is 1. The van der Waals surface area contributed by atoms with Gasteiger partial charge in [0.1, 0.15) is 29.3 Å². The molecule has 20 heteroatoms. The molecule has 2 aliphatic heterocycles. The van der Waals surface area contributed by atoms with E-state index in [1.807, 2.05) is 64.4 Å². The van der Waals surface area contributed by atoms with E-state index in [0.717, 1.165) is 92.6 Å². The maximum atomic E-state index is 14.1. The number of aryl methyl sites for hydroxylation is 1. The average Bonchev–Trinajstić information content (AvgIpc) is 3.96. The summed E-state index contributed by atoms with van der Waals surface area (Å²) in [5.74, 6) is -0.833. The number of nitrogens with zero attached hydrogens (tertiary/aromatic N) is 5. The van der Waals surface area contributed by atoms with Crippen LogP contribution in [-0.2, 0) is 24.0 Å². The quantitative estimate of drug-likeness (QED) is 0.0276. The Labute approximate surface area is 443 Å². The predicted octanol–water partition coefficient (Wildman–Crippen LogP) is 7.94. The van der Waals surface area contributed by atoms with Crippen LogP contribution in [0.4, 0.5) is 17.3 Å². The molecule has 6 rings (SSSR count). The molecule has 4 aromatic rings. The number of aliphatic hydroxyl groups is 1. The van der Waals surface area contributed by atoms with Gasteiger partial charge in [0.25, 0.3) is 0 Å². The van der Waals surface area contributed by atoms with E-state index < -0.39 is 29.5 Å². The molecule has 73 heavy (non-hydrogen) atoms. The summed E-state index contributed by atoms with van der Waals surface area (Å²) >= 11 is 9.50. The van der Waals surface area contributed by atoms with Gasteiger partial charge in [-0.15, -0.1) is 11.3 Å². The minimum absolute atomic E-state index is 0.0117. The van der Waals surface area contributed by atoms with Crippen molar-refractivity contribution in [2.45, 2.75) is 165 Å². The summed E-state index contributed by atoms with van der Waals surface area (Å²) in [6.07, 6.45) is 9.84. The van der Waals surface area contributed by atoms with Crippen molar-refractivity contribution < 1.29 is 29.1 Å². The Morgan fingerprint density at radius 2 is 1.60 bits per heavy atom. The molecule has 396 valence electrons. The van der Waals surface area contributed by atoms with Gasteiger partial charge in [-0.25, -0.2) is 15.0 Å². The predicted molar refractivity (Wildman–Crippen MR) is 290 cm³/mol. The van der Waals surface area contributed by atoms with Crippen molar-refractivity contribution in [3.05, 3.63) is 70.5 Å². The molecule has 0 unspecified atom stereocenters. The van der Waals surface area contributed by atoms with Gasteiger partial charge < -0.3 is 47.6 Å². The van der Waals surface area contributed by atoms with Crippen molar-refractivity contribution in [2.75, 3.05) is 42.1 Å². The van der Waals surface area contributed by atoms with Gasteiger partial charge >= 0.3 is 0 Å². The third-order valence-corrected chi connectivity index (χ3v) is 16.0. The normalized spacial score (nSPS) is 17.4. The number of aliphatic hydroxyl groups excluding tert-OH is 1. The van der Waals surface area contributed by atoms with Crippen LogP contribution in [-0.4, -0.2) is 104 Å². The Morgan fingerprint density at radius 3 is 2.25 bits per heavy atom. The number of piperidine rings is 1. The molecule has 0 aliphatic carbocycles. The molecule has 0 saturated carbocycles. The van der Waals surface area contributed by atoms with E-state index in [1.165, 1.54) is 16.7 Å². The summed E-state index contributed by atoms with van der Waals surface area (Å²) in [5.41, 5.74) is 16.9. The van der Waals surface area contributed by atoms with E-state index in [4.69, 9.17) is 23.1 Å². The Balaban J connectivity index is 0.826. The zero-order valence-electron chi connectivity index (χ0n) is 43.1. The largest absolute Gasteiger partial charge is 0.391 e. The third-order valence-electron chi connectivity index (χ3n) is 13.5. The van der Waals surface area contributed by atoms with Gasteiger partial charge in [-0.2, -0.15) is 0 Å². The number of benzene rings is 2. The zero-order chi connectivity index (χ0) is 52.9. The first-order valence-electron chi connectivity index (χ1n) is 25.5. The highest BCUT2D eigenvalue weighted by Gasteiger charge is 2.44. The smallest absolute Gasteiger partial charge is 0.246 e. The second-order valence-electron chi connectivity index (χ2n) is 20.8. The van der Waals surface area contributed by atoms with Gasteiger partial charge in [-0.05, 0) is 75.1 Å². The Kier molecular flexibility index (Phi) is 20.5. The molecule has 2 aromatic heterocycles. The van der Waals surface area contributed by atoms with E-state index in [1.54, 1.807) is 35.7 Å². The molecular formula is C53H74ClN11O6S2. The van der Waals surface area contributed by atoms with Gasteiger partial charge in [0.15, 0.2) is 5.82 Å². The summed E-state index contributed by atoms with van der Waals surface area (Å²) in [6.45, 7) is 13.6. The van der Waals surface area contributed by atoms with Gasteiger partial charge in [0.05, 0.1) is 45.1 Å². The first-order chi connectivity index (χ1) is 34.7. The topological polar surface area (TPSA) is 251 Å². The second-order valence-corrected chi connectivity index (χ2v) is 23.1. The van der Waals surface area contributed by atoms with Crippen LogP contribution in [0.25, 0.3) is 10.4 Å². The highest BCUT2D eigenvalue weighted by molar-refractivity contribution is 7.99. The van der Waals surface area contributed by atoms with E-state index in [2.05, 4.69) is 48.0 Å². The van der Waals surface area contributed by atoms with Crippen LogP contribution < -0.4 is 37.6 Å². The third kappa shape index (κ3) is 16.6. The Morgan fingerprint density at radius 1 is 0.932 bits per heavy atom. The number of hydrogen-bond donors (Lipinski definition) is 7. The van der Waals surface area contributed by atoms with Crippen LogP contribution in [0.3, 0.4) is 0 Å². The van der Waals surface area contributed by atoms with Crippen LogP contribution in [0.5, 0.6) is 0 Å². The fourth-order valence-corrected chi connectivity index (χ4v) is 10.9. The number of carbonyl (C=O) groups is 5. The number of aromatic nitrogens is 3. The molecule has 5 amide bonds. The SMILES string of the molecule is Cc1ncsc1-c1ccc([C@@H](C)NC(=O)[C@H]2C[C@H](O)CN2C(=O)[C@H](NC(=O)CCCCCCCCCCNC(=O)CC(=O)Nc2cccc(Sc3ncc(N4CCC(C)(N)CC4)nc3N)c2Cl)C(C)(C)C)cc1. The second kappa shape index (κ2) is 26.2. The Bertz CT molecular complexity index is 2530. The first-order valence-corrected chi connectivity index (χ1v) is 27.5. The lowest BCUT2D eigenvalue weighted by Crippen LogP contribution is -2.57. The zero-order valence-corrected chi connectivity index (χ0v) is 45.5. The lowest BCUT2D eigenvalue weighted by atomic mass is 9.85. The number of anilines is 3. The van der Waals surface area contributed by atoms with Crippen molar-refractivity contribution in [3.63, 3.8) is 0 Å². The lowest BCUT2D eigenvalue weighted by Gasteiger charge is -2.37. The molecule has 2 aliphatic rings. The number of nitrogens with two attached hydrogens (primary N) is 2. The van der Waals surface area contributed by atoms with Crippen molar-refractivity contribution in [3.8, 4) is 10.4 Å². The summed E-state index contributed by atoms with van der Waals surface area (Å²) < 4.78 is 0. The van der Waals surface area contributed by atoms with E-state index in [9.17, 15) is 29.1 Å². The number of thiazole rings is 1. The van der Waals surface area contributed by atoms with Gasteiger partial charge in [-0.1, -0.05) is 113 Å². The van der Waals surface area contributed by atoms with E-state index in [0.29, 0.717) is 39.4 Å². The minimum Gasteiger partial charge on any atom is -0.391 e. The summed E-state index contributed by atoms with van der Waals surface area (Å²) in [7, 11) is 0. The van der Waals surface area contributed by atoms with Crippen LogP contribution in [0.1, 0.15) is 135 Å². The number of amides is 5. The van der Waals surface area contributed by atoms with Gasteiger partial charge in [0.2, 0.25) is 29.5 Å². The molecule has 0 radical (unpaired) electrons. The molecule has 2 fully saturated rings. The molecule has 0 bridgehead atoms. The molecule has 0 spiro atoms. The van der Waals surface area contributed by atoms with Crippen LogP contribution in [0.2, 0.25) is 5.02 Å². The number of likely N-dealkylation sites (tertiary alicyclic amines) is 1. The first kappa shape index (κ1) is 56.9. The van der Waals surface area contributed by atoms with E-state index >= 15 is 0 Å². The molecule has 2 saturated heterocycles. The summed E-state index contributed by atoms with van der Waals surface area (Å²) in [5, 5.41) is 23.0. The molecule has 2 aromatic carbocycles. The highest BCUT2D eigenvalue weighted by Crippen LogP contribution is 2.39. The summed E-state index contributed by atoms with van der Waals surface area (Å²) in [6, 6.07) is 11.1. The van der Waals surface area contributed by atoms with Gasteiger partial charge in [-0.3, -0.25) is 24.0 Å². The molecule has 4 atom stereocenters. The maximum absolute atomic E-state index is 14.1. The number of rotatable bonds is 23. The van der Waals surface area contributed by atoms with Crippen molar-refractivity contribution in [1.29, 1.82) is 0 Å². The molecule has 17 nitrogen and oxygen atoms in total. The number of hydrogen-bond acceptors (Lipinski definition) is 14. The number of halogens is 1. The fourth-order valence-electron chi connectivity index (χ4n) is 9.00. The van der Waals surface area contributed by atoms with Crippen molar-refractivity contribution >= 4 is 81.6 Å². The molecule has 4 heterocycles. The van der Waals surface area contributed by atoms with Crippen molar-refractivity contribution in [1.82, 2.24) is 35.8 Å².